The highest BCUT2D eigenvalue weighted by Crippen LogP contribution is 2.30. The van der Waals surface area contributed by atoms with E-state index in [0.717, 1.165) is 57.1 Å². The number of rotatable bonds is 12. The van der Waals surface area contributed by atoms with E-state index in [1.54, 1.807) is 12.1 Å². The van der Waals surface area contributed by atoms with Gasteiger partial charge in [0.25, 0.3) is 11.5 Å². The smallest absolute Gasteiger partial charge is 0.310 e. The molecule has 1 aliphatic heterocycles. The lowest BCUT2D eigenvalue weighted by Crippen LogP contribution is -2.58. The zero-order valence-electron chi connectivity index (χ0n) is 23.7. The predicted octanol–water partition coefficient (Wildman–Crippen LogP) is 1.31. The minimum Gasteiger partial charge on any atom is -0.493 e. The van der Waals surface area contributed by atoms with Gasteiger partial charge in [-0.1, -0.05) is 6.07 Å². The van der Waals surface area contributed by atoms with E-state index in [1.807, 2.05) is 0 Å². The van der Waals surface area contributed by atoms with Gasteiger partial charge in [0.05, 0.1) is 37.1 Å². The topological polar surface area (TPSA) is 177 Å². The molecule has 15 heteroatoms. The predicted molar refractivity (Wildman–Crippen MR) is 153 cm³/mol. The standard InChI is InChI=1S/C28H33FN4O9S/c1-28(27(37)31-38,43(2,39)40)22(26(35)36)16-33-17-30-24-14-18(4-6-21(24)25(33)34)20-7-5-19(15-23(20)29)42-11-3-8-32-9-12-41-13-10-32/h4-7,14-15,17,22,38H,3,8-13,16H2,1-2H3,(H,31,37)(H,35,36). The number of carbonyl (C=O) groups is 2. The van der Waals surface area contributed by atoms with Crippen molar-refractivity contribution in [3.63, 3.8) is 0 Å². The number of hydrogen-bond donors (Lipinski definition) is 3. The van der Waals surface area contributed by atoms with Gasteiger partial charge in [-0.3, -0.25) is 29.1 Å². The van der Waals surface area contributed by atoms with Crippen LogP contribution in [0.5, 0.6) is 5.75 Å². The number of carbonyl (C=O) groups excluding carboxylic acids is 1. The summed E-state index contributed by atoms with van der Waals surface area (Å²) < 4.78 is 49.3. The van der Waals surface area contributed by atoms with Crippen LogP contribution in [0.25, 0.3) is 22.0 Å². The van der Waals surface area contributed by atoms with Gasteiger partial charge >= 0.3 is 5.97 Å². The van der Waals surface area contributed by atoms with E-state index in [9.17, 15) is 27.9 Å². The molecule has 0 aliphatic carbocycles. The second-order valence-corrected chi connectivity index (χ2v) is 12.8. The Hall–Kier alpha value is -3.92. The summed E-state index contributed by atoms with van der Waals surface area (Å²) in [4.78, 5) is 44.1. The molecule has 0 bridgehead atoms. The number of carboxylic acids is 1. The summed E-state index contributed by atoms with van der Waals surface area (Å²) in [5.41, 5.74) is 1.37. The molecule has 43 heavy (non-hydrogen) atoms. The maximum absolute atomic E-state index is 15.1. The van der Waals surface area contributed by atoms with Crippen LogP contribution in [0, 0.1) is 11.7 Å². The van der Waals surface area contributed by atoms with Crippen molar-refractivity contribution in [1.82, 2.24) is 19.9 Å². The number of halogens is 1. The van der Waals surface area contributed by atoms with E-state index in [2.05, 4.69) is 9.88 Å². The summed E-state index contributed by atoms with van der Waals surface area (Å²) in [6.45, 7) is 4.61. The molecule has 2 aromatic carbocycles. The third-order valence-electron chi connectivity index (χ3n) is 7.73. The molecule has 232 valence electrons. The largest absolute Gasteiger partial charge is 0.493 e. The summed E-state index contributed by atoms with van der Waals surface area (Å²) in [5, 5.41) is 18.9. The Labute approximate surface area is 246 Å². The quantitative estimate of drug-likeness (QED) is 0.151. The molecule has 1 fully saturated rings. The van der Waals surface area contributed by atoms with Crippen LogP contribution in [0.1, 0.15) is 13.3 Å². The van der Waals surface area contributed by atoms with Crippen LogP contribution in [-0.4, -0.2) is 95.5 Å². The molecule has 2 heterocycles. The number of hydrogen-bond acceptors (Lipinski definition) is 10. The SMILES string of the molecule is CC(C(=O)NO)(C(Cn1cnc2cc(-c3ccc(OCCCN4CCOCC4)cc3F)ccc2c1=O)C(=O)O)S(C)(=O)=O. The zero-order valence-corrected chi connectivity index (χ0v) is 24.5. The molecule has 1 amide bonds. The molecule has 0 saturated carbocycles. The minimum absolute atomic E-state index is 0.0590. The van der Waals surface area contributed by atoms with E-state index in [1.165, 1.54) is 29.7 Å². The van der Waals surface area contributed by atoms with Crippen molar-refractivity contribution in [3.05, 3.63) is 58.9 Å². The minimum atomic E-state index is -4.39. The van der Waals surface area contributed by atoms with Crippen LogP contribution >= 0.6 is 0 Å². The highest BCUT2D eigenvalue weighted by Gasteiger charge is 2.54. The maximum atomic E-state index is 15.1. The first-order valence-electron chi connectivity index (χ1n) is 13.5. The number of morpholine rings is 1. The lowest BCUT2D eigenvalue weighted by Gasteiger charge is -2.31. The molecule has 2 unspecified atom stereocenters. The monoisotopic (exact) mass is 620 g/mol. The lowest BCUT2D eigenvalue weighted by molar-refractivity contribution is -0.148. The first kappa shape index (κ1) is 32.0. The van der Waals surface area contributed by atoms with Crippen molar-refractivity contribution in [1.29, 1.82) is 0 Å². The first-order chi connectivity index (χ1) is 20.4. The Bertz CT molecular complexity index is 1670. The second-order valence-electron chi connectivity index (χ2n) is 10.4. The summed E-state index contributed by atoms with van der Waals surface area (Å²) in [6, 6.07) is 8.90. The Balaban J connectivity index is 1.53. The molecular weight excluding hydrogens is 587 g/mol. The number of nitrogens with one attached hydrogen (secondary N) is 1. The highest BCUT2D eigenvalue weighted by molar-refractivity contribution is 7.92. The van der Waals surface area contributed by atoms with E-state index in [4.69, 9.17) is 14.7 Å². The molecule has 2 atom stereocenters. The lowest BCUT2D eigenvalue weighted by atomic mass is 9.92. The van der Waals surface area contributed by atoms with Crippen molar-refractivity contribution >= 4 is 32.6 Å². The molecule has 13 nitrogen and oxygen atoms in total. The fourth-order valence-electron chi connectivity index (χ4n) is 4.96. The summed E-state index contributed by atoms with van der Waals surface area (Å²) in [5.74, 6) is -5.25. The van der Waals surface area contributed by atoms with Crippen molar-refractivity contribution in [2.75, 3.05) is 45.7 Å². The highest BCUT2D eigenvalue weighted by atomic mass is 32.2. The average Bonchev–Trinajstić information content (AvgIpc) is 2.98. The van der Waals surface area contributed by atoms with E-state index < -0.39 is 50.3 Å². The molecule has 3 aromatic rings. The first-order valence-corrected chi connectivity index (χ1v) is 15.3. The van der Waals surface area contributed by atoms with Gasteiger partial charge in [-0.2, -0.15) is 0 Å². The Morgan fingerprint density at radius 3 is 2.56 bits per heavy atom. The van der Waals surface area contributed by atoms with Crippen molar-refractivity contribution < 1.29 is 42.2 Å². The molecular formula is C28H33FN4O9S. The van der Waals surface area contributed by atoms with Gasteiger partial charge in [0, 0.05) is 44.1 Å². The van der Waals surface area contributed by atoms with Crippen LogP contribution in [0.4, 0.5) is 4.39 Å². The van der Waals surface area contributed by atoms with Gasteiger partial charge in [-0.25, -0.2) is 23.3 Å². The van der Waals surface area contributed by atoms with Crippen molar-refractivity contribution in [2.24, 2.45) is 5.92 Å². The molecule has 3 N–H and O–H groups in total. The molecule has 4 rings (SSSR count). The van der Waals surface area contributed by atoms with E-state index >= 15 is 4.39 Å². The summed E-state index contributed by atoms with van der Waals surface area (Å²) in [6.07, 6.45) is 2.46. The Morgan fingerprint density at radius 2 is 1.93 bits per heavy atom. The number of fused-ring (bicyclic) bond motifs is 1. The van der Waals surface area contributed by atoms with Gasteiger partial charge in [0.2, 0.25) is 0 Å². The summed E-state index contributed by atoms with van der Waals surface area (Å²) >= 11 is 0. The van der Waals surface area contributed by atoms with Gasteiger partial charge in [0.15, 0.2) is 14.6 Å². The number of ether oxygens (including phenoxy) is 2. The third kappa shape index (κ3) is 6.85. The van der Waals surface area contributed by atoms with Crippen LogP contribution in [0.3, 0.4) is 0 Å². The normalized spacial score (nSPS) is 16.4. The fourth-order valence-corrected chi connectivity index (χ4v) is 6.03. The van der Waals surface area contributed by atoms with Gasteiger partial charge in [-0.15, -0.1) is 0 Å². The third-order valence-corrected chi connectivity index (χ3v) is 9.74. The number of amides is 1. The van der Waals surface area contributed by atoms with Crippen LogP contribution in [-0.2, 0) is 30.7 Å². The van der Waals surface area contributed by atoms with Gasteiger partial charge < -0.3 is 14.6 Å². The molecule has 0 radical (unpaired) electrons. The Morgan fingerprint density at radius 1 is 1.21 bits per heavy atom. The Kier molecular flexibility index (Phi) is 9.79. The molecule has 0 spiro atoms. The van der Waals surface area contributed by atoms with Gasteiger partial charge in [-0.05, 0) is 43.2 Å². The van der Waals surface area contributed by atoms with Crippen LogP contribution in [0.15, 0.2) is 47.5 Å². The number of benzene rings is 2. The number of sulfone groups is 1. The average molecular weight is 621 g/mol. The molecule has 1 aliphatic rings. The number of carboxylic acid groups (broad SMARTS) is 1. The number of nitrogens with zero attached hydrogens (tertiary/aromatic N) is 3. The number of hydroxylamine groups is 1. The van der Waals surface area contributed by atoms with Crippen LogP contribution in [0.2, 0.25) is 0 Å². The van der Waals surface area contributed by atoms with Crippen LogP contribution < -0.4 is 15.8 Å². The van der Waals surface area contributed by atoms with Crippen molar-refractivity contribution in [2.45, 2.75) is 24.6 Å². The van der Waals surface area contributed by atoms with Gasteiger partial charge in [0.1, 0.15) is 17.5 Å². The number of aliphatic carboxylic acids is 1. The van der Waals surface area contributed by atoms with E-state index in [0.29, 0.717) is 24.2 Å². The van der Waals surface area contributed by atoms with Crippen molar-refractivity contribution in [3.8, 4) is 16.9 Å². The van der Waals surface area contributed by atoms with E-state index in [-0.39, 0.29) is 16.5 Å². The maximum Gasteiger partial charge on any atom is 0.310 e. The second kappa shape index (κ2) is 13.2. The summed E-state index contributed by atoms with van der Waals surface area (Å²) in [7, 11) is -4.39. The number of aromatic nitrogens is 2. The fraction of sp³-hybridized carbons (Fsp3) is 0.429. The molecule has 1 aromatic heterocycles. The zero-order chi connectivity index (χ0) is 31.4. The molecule has 1 saturated heterocycles.